The molecule has 0 spiro atoms. The monoisotopic (exact) mass is 308 g/mol. The number of carbonyl (C=O) groups excluding carboxylic acids is 1. The summed E-state index contributed by atoms with van der Waals surface area (Å²) in [5.41, 5.74) is 6.40. The van der Waals surface area contributed by atoms with Crippen molar-refractivity contribution in [3.8, 4) is 11.8 Å². The van der Waals surface area contributed by atoms with Gasteiger partial charge in [0.1, 0.15) is 0 Å². The Kier molecular flexibility index (Phi) is 6.90. The number of amides is 1. The zero-order valence-electron chi connectivity index (χ0n) is 13.2. The van der Waals surface area contributed by atoms with Gasteiger partial charge in [-0.05, 0) is 30.4 Å². The third kappa shape index (κ3) is 5.88. The molecule has 0 aliphatic carbocycles. The van der Waals surface area contributed by atoms with E-state index in [1.807, 2.05) is 13.0 Å². The lowest BCUT2D eigenvalue weighted by atomic mass is 9.90. The number of ether oxygens (including phenoxy) is 1. The van der Waals surface area contributed by atoms with E-state index in [0.29, 0.717) is 24.6 Å². The molecule has 1 heterocycles. The van der Waals surface area contributed by atoms with E-state index >= 15 is 0 Å². The maximum absolute atomic E-state index is 12.2. The van der Waals surface area contributed by atoms with Crippen LogP contribution in [0.4, 0.5) is 0 Å². The molecule has 4 nitrogen and oxygen atoms in total. The lowest BCUT2D eigenvalue weighted by molar-refractivity contribution is 0.0925. The number of carbonyl (C=O) groups is 1. The van der Waals surface area contributed by atoms with Crippen molar-refractivity contribution in [2.24, 2.45) is 11.1 Å². The third-order valence-corrected chi connectivity index (χ3v) is 4.31. The molecule has 0 saturated heterocycles. The normalized spacial score (nSPS) is 10.9. The molecule has 0 bridgehead atoms. The summed E-state index contributed by atoms with van der Waals surface area (Å²) in [5, 5.41) is 2.99. The number of nitrogens with one attached hydrogen (secondary N) is 1. The number of hydrogen-bond acceptors (Lipinski definition) is 4. The minimum absolute atomic E-state index is 0.0140. The maximum atomic E-state index is 12.2. The second-order valence-electron chi connectivity index (χ2n) is 5.72. The first-order chi connectivity index (χ1) is 9.89. The molecule has 1 amide bonds. The molecule has 1 aromatic rings. The van der Waals surface area contributed by atoms with Crippen molar-refractivity contribution in [2.45, 2.75) is 27.2 Å². The van der Waals surface area contributed by atoms with Crippen LogP contribution in [0.2, 0.25) is 0 Å². The van der Waals surface area contributed by atoms with Crippen molar-refractivity contribution >= 4 is 17.2 Å². The number of aryl methyl sites for hydroxylation is 1. The maximum Gasteiger partial charge on any atom is 0.261 e. The van der Waals surface area contributed by atoms with Gasteiger partial charge in [0.2, 0.25) is 0 Å². The molecule has 21 heavy (non-hydrogen) atoms. The average Bonchev–Trinajstić information content (AvgIpc) is 2.82. The fourth-order valence-corrected chi connectivity index (χ4v) is 2.69. The average molecular weight is 308 g/mol. The highest BCUT2D eigenvalue weighted by atomic mass is 32.1. The largest absolute Gasteiger partial charge is 0.385 e. The SMILES string of the molecule is COCCC(C)(C)CNC(=O)c1cc(C)c(C#CCN)s1. The molecule has 0 atom stereocenters. The molecule has 0 saturated carbocycles. The lowest BCUT2D eigenvalue weighted by Crippen LogP contribution is -2.34. The number of nitrogens with two attached hydrogens (primary N) is 1. The second kappa shape index (κ2) is 8.18. The zero-order chi connectivity index (χ0) is 15.9. The number of thiophene rings is 1. The number of rotatable bonds is 6. The van der Waals surface area contributed by atoms with Crippen molar-refractivity contribution in [2.75, 3.05) is 26.8 Å². The van der Waals surface area contributed by atoms with Gasteiger partial charge in [-0.3, -0.25) is 4.79 Å². The molecule has 3 N–H and O–H groups in total. The molecule has 0 aromatic carbocycles. The van der Waals surface area contributed by atoms with Crippen LogP contribution in [0.25, 0.3) is 0 Å². The van der Waals surface area contributed by atoms with E-state index in [2.05, 4.69) is 31.0 Å². The Bertz CT molecular complexity index is 538. The van der Waals surface area contributed by atoms with Crippen LogP contribution in [0, 0.1) is 24.2 Å². The van der Waals surface area contributed by atoms with Crippen LogP contribution in [0.15, 0.2) is 6.07 Å². The van der Waals surface area contributed by atoms with E-state index in [0.717, 1.165) is 16.9 Å². The van der Waals surface area contributed by atoms with Gasteiger partial charge in [-0.1, -0.05) is 25.7 Å². The Morgan fingerprint density at radius 2 is 2.24 bits per heavy atom. The summed E-state index contributed by atoms with van der Waals surface area (Å²) >= 11 is 1.41. The summed E-state index contributed by atoms with van der Waals surface area (Å²) in [6, 6.07) is 1.88. The molecule has 1 aromatic heterocycles. The standard InChI is InChI=1S/C16H24N2O2S/c1-12-10-14(21-13(12)6-5-8-17)15(19)18-11-16(2,3)7-9-20-4/h10H,7-9,11,17H2,1-4H3,(H,18,19). The predicted octanol–water partition coefficient (Wildman–Crippen LogP) is 2.16. The molecule has 1 rings (SSSR count). The van der Waals surface area contributed by atoms with E-state index in [9.17, 15) is 4.79 Å². The highest BCUT2D eigenvalue weighted by Gasteiger charge is 2.20. The first-order valence-corrected chi connectivity index (χ1v) is 7.78. The lowest BCUT2D eigenvalue weighted by Gasteiger charge is -2.24. The molecule has 0 aliphatic rings. The third-order valence-electron chi connectivity index (χ3n) is 3.16. The van der Waals surface area contributed by atoms with Gasteiger partial charge in [0, 0.05) is 20.3 Å². The smallest absolute Gasteiger partial charge is 0.261 e. The number of hydrogen-bond donors (Lipinski definition) is 2. The summed E-state index contributed by atoms with van der Waals surface area (Å²) in [6.07, 6.45) is 0.903. The van der Waals surface area contributed by atoms with Crippen molar-refractivity contribution in [1.29, 1.82) is 0 Å². The Balaban J connectivity index is 2.64. The van der Waals surface area contributed by atoms with E-state index in [4.69, 9.17) is 10.5 Å². The van der Waals surface area contributed by atoms with Gasteiger partial charge in [0.05, 0.1) is 16.3 Å². The minimum Gasteiger partial charge on any atom is -0.385 e. The fourth-order valence-electron chi connectivity index (χ4n) is 1.72. The summed E-state index contributed by atoms with van der Waals surface area (Å²) in [5.74, 6) is 5.77. The highest BCUT2D eigenvalue weighted by molar-refractivity contribution is 7.14. The van der Waals surface area contributed by atoms with Crippen LogP contribution in [0.3, 0.4) is 0 Å². The van der Waals surface area contributed by atoms with E-state index in [-0.39, 0.29) is 11.3 Å². The zero-order valence-corrected chi connectivity index (χ0v) is 14.0. The van der Waals surface area contributed by atoms with Gasteiger partial charge < -0.3 is 15.8 Å². The van der Waals surface area contributed by atoms with Crippen molar-refractivity contribution < 1.29 is 9.53 Å². The van der Waals surface area contributed by atoms with Crippen molar-refractivity contribution in [3.05, 3.63) is 21.4 Å². The first-order valence-electron chi connectivity index (χ1n) is 6.96. The van der Waals surface area contributed by atoms with E-state index in [1.165, 1.54) is 11.3 Å². The molecule has 0 unspecified atom stereocenters. The molecule has 0 radical (unpaired) electrons. The van der Waals surface area contributed by atoms with Gasteiger partial charge in [-0.25, -0.2) is 0 Å². The summed E-state index contributed by atoms with van der Waals surface area (Å²) in [4.78, 5) is 13.8. The van der Waals surface area contributed by atoms with Gasteiger partial charge in [0.15, 0.2) is 0 Å². The van der Waals surface area contributed by atoms with E-state index < -0.39 is 0 Å². The first kappa shape index (κ1) is 17.7. The Morgan fingerprint density at radius 1 is 1.52 bits per heavy atom. The summed E-state index contributed by atoms with van der Waals surface area (Å²) < 4.78 is 5.09. The van der Waals surface area contributed by atoms with Gasteiger partial charge in [0.25, 0.3) is 5.91 Å². The summed E-state index contributed by atoms with van der Waals surface area (Å²) in [7, 11) is 1.69. The van der Waals surface area contributed by atoms with Gasteiger partial charge >= 0.3 is 0 Å². The number of methoxy groups -OCH3 is 1. The molecule has 5 heteroatoms. The van der Waals surface area contributed by atoms with Gasteiger partial charge in [-0.2, -0.15) is 0 Å². The van der Waals surface area contributed by atoms with Gasteiger partial charge in [-0.15, -0.1) is 11.3 Å². The molecule has 0 aliphatic heterocycles. The van der Waals surface area contributed by atoms with Crippen LogP contribution in [-0.4, -0.2) is 32.7 Å². The van der Waals surface area contributed by atoms with Crippen LogP contribution in [0.5, 0.6) is 0 Å². The van der Waals surface area contributed by atoms with Crippen LogP contribution in [-0.2, 0) is 4.74 Å². The van der Waals surface area contributed by atoms with Crippen LogP contribution in [0.1, 0.15) is 40.4 Å². The van der Waals surface area contributed by atoms with Crippen LogP contribution >= 0.6 is 11.3 Å². The quantitative estimate of drug-likeness (QED) is 0.792. The predicted molar refractivity (Wildman–Crippen MR) is 87.6 cm³/mol. The Labute approximate surface area is 131 Å². The fraction of sp³-hybridized carbons (Fsp3) is 0.562. The van der Waals surface area contributed by atoms with Crippen molar-refractivity contribution in [1.82, 2.24) is 5.32 Å². The molecule has 0 fully saturated rings. The Hall–Kier alpha value is -1.35. The van der Waals surface area contributed by atoms with Crippen molar-refractivity contribution in [3.63, 3.8) is 0 Å². The second-order valence-corrected chi connectivity index (χ2v) is 6.77. The van der Waals surface area contributed by atoms with Crippen LogP contribution < -0.4 is 11.1 Å². The Morgan fingerprint density at radius 3 is 2.86 bits per heavy atom. The highest BCUT2D eigenvalue weighted by Crippen LogP contribution is 2.22. The topological polar surface area (TPSA) is 64.3 Å². The minimum atomic E-state index is -0.0469. The molecular weight excluding hydrogens is 284 g/mol. The summed E-state index contributed by atoms with van der Waals surface area (Å²) in [6.45, 7) is 7.83. The van der Waals surface area contributed by atoms with E-state index in [1.54, 1.807) is 7.11 Å². The molecular formula is C16H24N2O2S. The molecule has 116 valence electrons.